The van der Waals surface area contributed by atoms with Crippen molar-refractivity contribution in [3.05, 3.63) is 69.2 Å². The molecule has 0 spiro atoms. The van der Waals surface area contributed by atoms with Crippen LogP contribution in [0.3, 0.4) is 0 Å². The number of carbonyl (C=O) groups excluding carboxylic acids is 1. The minimum atomic E-state index is -0.933. The average molecular weight is 381 g/mol. The lowest BCUT2D eigenvalue weighted by Gasteiger charge is -2.15. The summed E-state index contributed by atoms with van der Waals surface area (Å²) in [5.74, 6) is -0.207. The van der Waals surface area contributed by atoms with Gasteiger partial charge in [0.15, 0.2) is 0 Å². The van der Waals surface area contributed by atoms with Gasteiger partial charge in [-0.25, -0.2) is 0 Å². The highest BCUT2D eigenvalue weighted by molar-refractivity contribution is 8.00. The first kappa shape index (κ1) is 19.2. The topological polar surface area (TPSA) is 92.5 Å². The van der Waals surface area contributed by atoms with Crippen molar-refractivity contribution in [1.82, 2.24) is 5.32 Å². The number of benzene rings is 2. The summed E-state index contributed by atoms with van der Waals surface area (Å²) >= 11 is 7.21. The zero-order valence-corrected chi connectivity index (χ0v) is 15.0. The average Bonchev–Trinajstić information content (AvgIpc) is 2.61. The van der Waals surface area contributed by atoms with Crippen LogP contribution < -0.4 is 5.32 Å². The van der Waals surface area contributed by atoms with Gasteiger partial charge in [0.1, 0.15) is 0 Å². The van der Waals surface area contributed by atoms with E-state index in [9.17, 15) is 20.0 Å². The highest BCUT2D eigenvalue weighted by Gasteiger charge is 2.17. The van der Waals surface area contributed by atoms with E-state index in [1.54, 1.807) is 19.1 Å². The number of rotatable bonds is 7. The van der Waals surface area contributed by atoms with Crippen LogP contribution in [0.2, 0.25) is 5.02 Å². The van der Waals surface area contributed by atoms with Crippen molar-refractivity contribution in [2.75, 3.05) is 6.54 Å². The maximum absolute atomic E-state index is 12.1. The van der Waals surface area contributed by atoms with Crippen LogP contribution in [-0.4, -0.2) is 27.7 Å². The Kier molecular flexibility index (Phi) is 6.81. The van der Waals surface area contributed by atoms with Crippen LogP contribution in [0.4, 0.5) is 5.69 Å². The summed E-state index contributed by atoms with van der Waals surface area (Å²) in [6, 6.07) is 12.8. The lowest BCUT2D eigenvalue weighted by atomic mass is 10.1. The van der Waals surface area contributed by atoms with Gasteiger partial charge in [0.2, 0.25) is 5.91 Å². The van der Waals surface area contributed by atoms with Gasteiger partial charge in [0.25, 0.3) is 5.69 Å². The number of hydrogen-bond acceptors (Lipinski definition) is 5. The molecule has 2 aromatic carbocycles. The second-order valence-corrected chi connectivity index (χ2v) is 7.17. The van der Waals surface area contributed by atoms with Crippen LogP contribution in [0.15, 0.2) is 53.4 Å². The predicted octanol–water partition coefficient (Wildman–Crippen LogP) is 3.58. The summed E-state index contributed by atoms with van der Waals surface area (Å²) in [7, 11) is 0. The summed E-state index contributed by atoms with van der Waals surface area (Å²) in [5.41, 5.74) is 0.455. The lowest BCUT2D eigenvalue weighted by molar-refractivity contribution is -0.384. The molecule has 0 saturated heterocycles. The Morgan fingerprint density at radius 1 is 1.24 bits per heavy atom. The molecule has 0 aliphatic rings. The van der Waals surface area contributed by atoms with Crippen molar-refractivity contribution < 1.29 is 14.8 Å². The molecule has 2 rings (SSSR count). The number of aliphatic hydroxyl groups excluding tert-OH is 1. The third kappa shape index (κ3) is 5.74. The highest BCUT2D eigenvalue weighted by Crippen LogP contribution is 2.25. The SMILES string of the molecule is CC(Sc1ccc(Cl)cc1)C(=O)NCC(O)c1ccc([N+](=O)[O-])cc1. The first-order valence-corrected chi connectivity index (χ1v) is 8.75. The van der Waals surface area contributed by atoms with E-state index in [-0.39, 0.29) is 23.4 Å². The number of nitrogens with zero attached hydrogens (tertiary/aromatic N) is 1. The van der Waals surface area contributed by atoms with Crippen molar-refractivity contribution in [2.45, 2.75) is 23.2 Å². The summed E-state index contributed by atoms with van der Waals surface area (Å²) in [6.45, 7) is 1.80. The second-order valence-electron chi connectivity index (χ2n) is 5.32. The van der Waals surface area contributed by atoms with Gasteiger partial charge >= 0.3 is 0 Å². The number of carbonyl (C=O) groups is 1. The van der Waals surface area contributed by atoms with E-state index in [1.807, 2.05) is 12.1 Å². The maximum atomic E-state index is 12.1. The van der Waals surface area contributed by atoms with Crippen LogP contribution in [0, 0.1) is 10.1 Å². The smallest absolute Gasteiger partial charge is 0.269 e. The van der Waals surface area contributed by atoms with Crippen molar-refractivity contribution in [3.8, 4) is 0 Å². The number of nitro groups is 1. The van der Waals surface area contributed by atoms with Crippen LogP contribution in [-0.2, 0) is 4.79 Å². The Labute approximate surface area is 154 Å². The molecule has 0 bridgehead atoms. The van der Waals surface area contributed by atoms with Crippen LogP contribution in [0.5, 0.6) is 0 Å². The normalized spacial score (nSPS) is 13.1. The fourth-order valence-corrected chi connectivity index (χ4v) is 3.07. The molecule has 2 unspecified atom stereocenters. The molecule has 0 heterocycles. The molecule has 2 atom stereocenters. The third-order valence-corrected chi connectivity index (χ3v) is 4.82. The molecular weight excluding hydrogens is 364 g/mol. The first-order chi connectivity index (χ1) is 11.9. The van der Waals surface area contributed by atoms with Crippen LogP contribution in [0.25, 0.3) is 0 Å². The molecule has 8 heteroatoms. The molecule has 0 saturated carbocycles. The number of halogens is 1. The molecule has 2 aromatic rings. The number of amides is 1. The van der Waals surface area contributed by atoms with Gasteiger partial charge in [0.05, 0.1) is 16.3 Å². The van der Waals surface area contributed by atoms with Crippen molar-refractivity contribution in [2.24, 2.45) is 0 Å². The van der Waals surface area contributed by atoms with Crippen LogP contribution in [0.1, 0.15) is 18.6 Å². The minimum absolute atomic E-state index is 0.0299. The van der Waals surface area contributed by atoms with E-state index >= 15 is 0 Å². The quantitative estimate of drug-likeness (QED) is 0.435. The van der Waals surface area contributed by atoms with Crippen LogP contribution >= 0.6 is 23.4 Å². The molecule has 0 aromatic heterocycles. The Hall–Kier alpha value is -2.09. The van der Waals surface area contributed by atoms with E-state index in [4.69, 9.17) is 11.6 Å². The zero-order valence-electron chi connectivity index (χ0n) is 13.4. The molecule has 0 fully saturated rings. The van der Waals surface area contributed by atoms with Crippen molar-refractivity contribution in [3.63, 3.8) is 0 Å². The van der Waals surface area contributed by atoms with Gasteiger partial charge in [-0.2, -0.15) is 0 Å². The zero-order chi connectivity index (χ0) is 18.4. The molecule has 132 valence electrons. The molecule has 0 aliphatic heterocycles. The third-order valence-electron chi connectivity index (χ3n) is 3.45. The molecule has 6 nitrogen and oxygen atoms in total. The number of aliphatic hydroxyl groups is 1. The standard InChI is InChI=1S/C17H17ClN2O4S/c1-11(25-15-8-4-13(18)5-9-15)17(22)19-10-16(21)12-2-6-14(7-3-12)20(23)24/h2-9,11,16,21H,10H2,1H3,(H,19,22). The van der Waals surface area contributed by atoms with Gasteiger partial charge in [-0.3, -0.25) is 14.9 Å². The van der Waals surface area contributed by atoms with Gasteiger partial charge in [0, 0.05) is 28.6 Å². The van der Waals surface area contributed by atoms with Gasteiger partial charge in [-0.1, -0.05) is 11.6 Å². The second kappa shape index (κ2) is 8.84. The monoisotopic (exact) mass is 380 g/mol. The fraction of sp³-hybridized carbons (Fsp3) is 0.235. The molecule has 1 amide bonds. The van der Waals surface area contributed by atoms with Gasteiger partial charge in [-0.15, -0.1) is 11.8 Å². The summed E-state index contributed by atoms with van der Waals surface area (Å²) < 4.78 is 0. The van der Waals surface area contributed by atoms with E-state index in [1.165, 1.54) is 36.0 Å². The first-order valence-electron chi connectivity index (χ1n) is 7.49. The Balaban J connectivity index is 1.85. The molecular formula is C17H17ClN2O4S. The Morgan fingerprint density at radius 2 is 1.84 bits per heavy atom. The number of non-ortho nitro benzene ring substituents is 1. The number of nitrogens with one attached hydrogen (secondary N) is 1. The summed E-state index contributed by atoms with van der Waals surface area (Å²) in [6.07, 6.45) is -0.933. The largest absolute Gasteiger partial charge is 0.387 e. The molecule has 0 aliphatic carbocycles. The van der Waals surface area contributed by atoms with E-state index in [0.717, 1.165) is 4.90 Å². The maximum Gasteiger partial charge on any atom is 0.269 e. The molecule has 0 radical (unpaired) electrons. The van der Waals surface area contributed by atoms with E-state index in [2.05, 4.69) is 5.32 Å². The number of thioether (sulfide) groups is 1. The minimum Gasteiger partial charge on any atom is -0.387 e. The summed E-state index contributed by atoms with van der Waals surface area (Å²) in [5, 5.41) is 23.7. The highest BCUT2D eigenvalue weighted by atomic mass is 35.5. The van der Waals surface area contributed by atoms with Gasteiger partial charge < -0.3 is 10.4 Å². The predicted molar refractivity (Wildman–Crippen MR) is 97.8 cm³/mol. The van der Waals surface area contributed by atoms with Crippen molar-refractivity contribution >= 4 is 35.0 Å². The van der Waals surface area contributed by atoms with E-state index < -0.39 is 11.0 Å². The Morgan fingerprint density at radius 3 is 2.40 bits per heavy atom. The number of nitro benzene ring substituents is 1. The van der Waals surface area contributed by atoms with Gasteiger partial charge in [-0.05, 0) is 48.9 Å². The summed E-state index contributed by atoms with van der Waals surface area (Å²) in [4.78, 5) is 23.2. The Bertz CT molecular complexity index is 737. The number of hydrogen-bond donors (Lipinski definition) is 2. The molecule has 2 N–H and O–H groups in total. The van der Waals surface area contributed by atoms with E-state index in [0.29, 0.717) is 10.6 Å². The fourth-order valence-electron chi connectivity index (χ4n) is 2.05. The lowest BCUT2D eigenvalue weighted by Crippen LogP contribution is -2.34. The molecule has 25 heavy (non-hydrogen) atoms. The van der Waals surface area contributed by atoms with Crippen molar-refractivity contribution in [1.29, 1.82) is 0 Å².